The van der Waals surface area contributed by atoms with Crippen LogP contribution in [0.3, 0.4) is 0 Å². The maximum atomic E-state index is 15.4. The summed E-state index contributed by atoms with van der Waals surface area (Å²) in [6.45, 7) is 9.15. The third-order valence-electron chi connectivity index (χ3n) is 9.41. The summed E-state index contributed by atoms with van der Waals surface area (Å²) in [7, 11) is 1.55. The number of nitrogens with one attached hydrogen (secondary N) is 3. The maximum Gasteiger partial charge on any atom is 0.240 e. The van der Waals surface area contributed by atoms with E-state index in [2.05, 4.69) is 25.8 Å². The van der Waals surface area contributed by atoms with Crippen molar-refractivity contribution >= 4 is 34.1 Å². The zero-order valence-corrected chi connectivity index (χ0v) is 27.1. The zero-order valence-electron chi connectivity index (χ0n) is 27.1. The van der Waals surface area contributed by atoms with Crippen molar-refractivity contribution in [1.82, 2.24) is 15.2 Å². The average Bonchev–Trinajstić information content (AvgIpc) is 3.65. The molecule has 12 heteroatoms. The molecule has 1 aliphatic carbocycles. The molecule has 2 aliphatic rings. The number of anilines is 2. The Morgan fingerprint density at radius 2 is 1.58 bits per heavy atom. The van der Waals surface area contributed by atoms with Gasteiger partial charge in [0.05, 0.1) is 19.2 Å². The van der Waals surface area contributed by atoms with Crippen molar-refractivity contribution in [2.75, 3.05) is 57.1 Å². The second-order valence-electron chi connectivity index (χ2n) is 12.2. The second kappa shape index (κ2) is 14.1. The quantitative estimate of drug-likeness (QED) is 0.129. The lowest BCUT2D eigenvalue weighted by Gasteiger charge is -2.27. The van der Waals surface area contributed by atoms with E-state index in [4.69, 9.17) is 14.2 Å². The van der Waals surface area contributed by atoms with E-state index < -0.39 is 28.9 Å². The van der Waals surface area contributed by atoms with Gasteiger partial charge in [-0.3, -0.25) is 14.6 Å². The summed E-state index contributed by atoms with van der Waals surface area (Å²) in [4.78, 5) is 33.6. The Balaban J connectivity index is 1.13. The van der Waals surface area contributed by atoms with Crippen LogP contribution in [-0.4, -0.2) is 68.1 Å². The molecule has 1 aliphatic heterocycles. The van der Waals surface area contributed by atoms with Crippen molar-refractivity contribution in [3.05, 3.63) is 78.5 Å². The molecule has 0 bridgehead atoms. The number of rotatable bonds is 12. The SMILES string of the molecule is COc1cc2c(Oc3ccc(NC(=O)C4(C(=O)Nc5ccc(F)cc5)[C@H](C)[C@@H]4C)cc3F)ccnc2cc1OCCCN1CCNCC1. The monoisotopic (exact) mass is 659 g/mol. The molecule has 1 saturated carbocycles. The number of ether oxygens (including phenoxy) is 3. The maximum absolute atomic E-state index is 15.4. The van der Waals surface area contributed by atoms with Gasteiger partial charge >= 0.3 is 0 Å². The molecule has 1 saturated heterocycles. The van der Waals surface area contributed by atoms with E-state index in [9.17, 15) is 14.0 Å². The Hall–Kier alpha value is -4.81. The van der Waals surface area contributed by atoms with Gasteiger partial charge in [0.2, 0.25) is 11.8 Å². The van der Waals surface area contributed by atoms with Crippen LogP contribution < -0.4 is 30.2 Å². The molecule has 252 valence electrons. The van der Waals surface area contributed by atoms with Crippen LogP contribution in [0.2, 0.25) is 0 Å². The summed E-state index contributed by atoms with van der Waals surface area (Å²) < 4.78 is 46.4. The molecule has 2 amide bonds. The largest absolute Gasteiger partial charge is 0.493 e. The number of carbonyl (C=O) groups is 2. The molecule has 4 aromatic rings. The topological polar surface area (TPSA) is 114 Å². The summed E-state index contributed by atoms with van der Waals surface area (Å²) in [6.07, 6.45) is 2.44. The van der Waals surface area contributed by atoms with E-state index in [0.29, 0.717) is 40.4 Å². The highest BCUT2D eigenvalue weighted by Crippen LogP contribution is 2.59. The van der Waals surface area contributed by atoms with Gasteiger partial charge in [0.15, 0.2) is 23.1 Å². The number of nitrogens with zero attached hydrogens (tertiary/aromatic N) is 2. The van der Waals surface area contributed by atoms with Crippen LogP contribution in [0, 0.1) is 28.9 Å². The second-order valence-corrected chi connectivity index (χ2v) is 12.2. The number of pyridine rings is 1. The first-order chi connectivity index (χ1) is 23.2. The van der Waals surface area contributed by atoms with E-state index in [1.807, 2.05) is 13.8 Å². The smallest absolute Gasteiger partial charge is 0.240 e. The van der Waals surface area contributed by atoms with Crippen molar-refractivity contribution in [3.63, 3.8) is 0 Å². The number of benzene rings is 3. The Bertz CT molecular complexity index is 1790. The minimum Gasteiger partial charge on any atom is -0.493 e. The molecule has 10 nitrogen and oxygen atoms in total. The third kappa shape index (κ3) is 6.76. The molecule has 48 heavy (non-hydrogen) atoms. The van der Waals surface area contributed by atoms with Crippen molar-refractivity contribution in [3.8, 4) is 23.0 Å². The van der Waals surface area contributed by atoms with E-state index in [1.165, 1.54) is 36.4 Å². The van der Waals surface area contributed by atoms with Crippen LogP contribution in [0.4, 0.5) is 20.2 Å². The van der Waals surface area contributed by atoms with Gasteiger partial charge < -0.3 is 35.1 Å². The molecule has 0 spiro atoms. The minimum atomic E-state index is -1.36. The molecule has 3 atom stereocenters. The summed E-state index contributed by atoms with van der Waals surface area (Å²) >= 11 is 0. The highest BCUT2D eigenvalue weighted by atomic mass is 19.1. The van der Waals surface area contributed by atoms with Crippen LogP contribution in [-0.2, 0) is 9.59 Å². The van der Waals surface area contributed by atoms with Gasteiger partial charge in [-0.05, 0) is 66.8 Å². The lowest BCUT2D eigenvalue weighted by atomic mass is 9.99. The third-order valence-corrected chi connectivity index (χ3v) is 9.41. The summed E-state index contributed by atoms with van der Waals surface area (Å²) in [6, 6.07) is 14.5. The number of piperazine rings is 1. The molecule has 3 N–H and O–H groups in total. The van der Waals surface area contributed by atoms with Gasteiger partial charge in [0.1, 0.15) is 17.0 Å². The summed E-state index contributed by atoms with van der Waals surface area (Å²) in [5.41, 5.74) is -0.224. The van der Waals surface area contributed by atoms with Crippen LogP contribution in [0.5, 0.6) is 23.0 Å². The molecule has 3 aromatic carbocycles. The van der Waals surface area contributed by atoms with Crippen molar-refractivity contribution in [2.45, 2.75) is 20.3 Å². The summed E-state index contributed by atoms with van der Waals surface area (Å²) in [5.74, 6) is -1.37. The van der Waals surface area contributed by atoms with Crippen molar-refractivity contribution < 1.29 is 32.6 Å². The van der Waals surface area contributed by atoms with Crippen molar-refractivity contribution in [2.24, 2.45) is 17.3 Å². The molecule has 1 unspecified atom stereocenters. The Kier molecular flexibility index (Phi) is 9.74. The van der Waals surface area contributed by atoms with Crippen LogP contribution in [0.25, 0.3) is 10.9 Å². The number of hydrogen-bond donors (Lipinski definition) is 3. The fraction of sp³-hybridized carbons (Fsp3) is 0.361. The standard InChI is InChI=1S/C36H39F2N5O5/c1-22-23(2)36(22,34(44)41-25-7-5-24(37)6-8-25)35(45)42-26-9-10-31(28(38)19-26)48-30-11-12-40-29-21-33(32(46-3)20-27(29)30)47-18-4-15-43-16-13-39-14-17-43/h5-12,19-23,39H,4,13-18H2,1-3H3,(H,41,44)(H,42,45)/t22-,23+,36?. The van der Waals surface area contributed by atoms with Crippen molar-refractivity contribution in [1.29, 1.82) is 0 Å². The Labute approximate surface area is 277 Å². The van der Waals surface area contributed by atoms with Gasteiger partial charge in [0, 0.05) is 67.8 Å². The molecule has 1 aromatic heterocycles. The predicted molar refractivity (Wildman–Crippen MR) is 179 cm³/mol. The first-order valence-electron chi connectivity index (χ1n) is 16.1. The first-order valence-corrected chi connectivity index (χ1v) is 16.1. The normalized spacial score (nSPS) is 20.6. The number of halogens is 2. The average molecular weight is 660 g/mol. The van der Waals surface area contributed by atoms with Crippen LogP contribution >= 0.6 is 0 Å². The molecule has 0 radical (unpaired) electrons. The van der Waals surface area contributed by atoms with Gasteiger partial charge in [-0.25, -0.2) is 8.78 Å². The van der Waals surface area contributed by atoms with E-state index in [-0.39, 0.29) is 23.3 Å². The predicted octanol–water partition coefficient (Wildman–Crippen LogP) is 5.84. The number of amides is 2. The Morgan fingerprint density at radius 1 is 0.896 bits per heavy atom. The van der Waals surface area contributed by atoms with Crippen LogP contribution in [0.1, 0.15) is 20.3 Å². The zero-order chi connectivity index (χ0) is 33.8. The van der Waals surface area contributed by atoms with Gasteiger partial charge in [0.25, 0.3) is 0 Å². The van der Waals surface area contributed by atoms with Gasteiger partial charge in [-0.15, -0.1) is 0 Å². The minimum absolute atomic E-state index is 0.0652. The van der Waals surface area contributed by atoms with E-state index in [0.717, 1.165) is 45.2 Å². The fourth-order valence-electron chi connectivity index (χ4n) is 6.38. The number of hydrogen-bond acceptors (Lipinski definition) is 8. The highest BCUT2D eigenvalue weighted by molar-refractivity contribution is 6.17. The number of aromatic nitrogens is 1. The lowest BCUT2D eigenvalue weighted by molar-refractivity contribution is -0.132. The number of fused-ring (bicyclic) bond motifs is 1. The lowest BCUT2D eigenvalue weighted by Crippen LogP contribution is -2.43. The molecule has 2 fully saturated rings. The molecular formula is C36H39F2N5O5. The van der Waals surface area contributed by atoms with E-state index in [1.54, 1.807) is 31.5 Å². The number of methoxy groups -OCH3 is 1. The van der Waals surface area contributed by atoms with E-state index >= 15 is 4.39 Å². The molecule has 6 rings (SSSR count). The fourth-order valence-corrected chi connectivity index (χ4v) is 6.38. The van der Waals surface area contributed by atoms with Gasteiger partial charge in [-0.1, -0.05) is 13.8 Å². The Morgan fingerprint density at radius 3 is 2.25 bits per heavy atom. The first kappa shape index (κ1) is 33.1. The highest BCUT2D eigenvalue weighted by Gasteiger charge is 2.69. The molecule has 2 heterocycles. The number of carbonyl (C=O) groups excluding carboxylic acids is 2. The molecular weight excluding hydrogens is 620 g/mol. The summed E-state index contributed by atoms with van der Waals surface area (Å²) in [5, 5.41) is 9.37. The van der Waals surface area contributed by atoms with Gasteiger partial charge in [-0.2, -0.15) is 0 Å². The van der Waals surface area contributed by atoms with Crippen LogP contribution in [0.15, 0.2) is 66.9 Å².